The number of benzene rings is 2. The Morgan fingerprint density at radius 3 is 2.57 bits per heavy atom. The Kier molecular flexibility index (Phi) is 5.94. The molecule has 154 valence electrons. The lowest BCUT2D eigenvalue weighted by Gasteiger charge is -2.06. The van der Waals surface area contributed by atoms with E-state index in [1.165, 1.54) is 16.9 Å². The summed E-state index contributed by atoms with van der Waals surface area (Å²) < 4.78 is 12.5. The SMILES string of the molecule is COc1ccc(OCCCC(=O)Nc2nc3scc(-c4ccc(C)cc4)n3n2)cc1. The molecule has 0 saturated carbocycles. The Morgan fingerprint density at radius 2 is 1.83 bits per heavy atom. The van der Waals surface area contributed by atoms with Crippen molar-refractivity contribution in [3.05, 3.63) is 59.5 Å². The summed E-state index contributed by atoms with van der Waals surface area (Å²) in [6.45, 7) is 2.50. The molecule has 2 heterocycles. The van der Waals surface area contributed by atoms with Gasteiger partial charge in [0.2, 0.25) is 16.8 Å². The van der Waals surface area contributed by atoms with Crippen molar-refractivity contribution in [3.8, 4) is 22.8 Å². The van der Waals surface area contributed by atoms with Gasteiger partial charge < -0.3 is 9.47 Å². The second-order valence-corrected chi connectivity index (χ2v) is 7.63. The number of hydrogen-bond donors (Lipinski definition) is 1. The average Bonchev–Trinajstić information content (AvgIpc) is 3.32. The van der Waals surface area contributed by atoms with Crippen LogP contribution in [0.2, 0.25) is 0 Å². The molecule has 8 heteroatoms. The zero-order chi connectivity index (χ0) is 20.9. The molecule has 0 atom stereocenters. The summed E-state index contributed by atoms with van der Waals surface area (Å²) in [4.78, 5) is 17.4. The van der Waals surface area contributed by atoms with Gasteiger partial charge in [-0.15, -0.1) is 16.4 Å². The van der Waals surface area contributed by atoms with E-state index in [0.717, 1.165) is 27.7 Å². The Morgan fingerprint density at radius 1 is 1.10 bits per heavy atom. The van der Waals surface area contributed by atoms with Gasteiger partial charge in [0.15, 0.2) is 0 Å². The second-order valence-electron chi connectivity index (χ2n) is 6.79. The number of aromatic nitrogens is 3. The number of carbonyl (C=O) groups excluding carboxylic acids is 1. The van der Waals surface area contributed by atoms with Gasteiger partial charge in [-0.3, -0.25) is 10.1 Å². The normalized spacial score (nSPS) is 10.9. The van der Waals surface area contributed by atoms with Crippen molar-refractivity contribution in [1.29, 1.82) is 0 Å². The van der Waals surface area contributed by atoms with Crippen molar-refractivity contribution in [2.75, 3.05) is 19.0 Å². The fourth-order valence-corrected chi connectivity index (χ4v) is 3.77. The lowest BCUT2D eigenvalue weighted by atomic mass is 10.1. The summed E-state index contributed by atoms with van der Waals surface area (Å²) in [5, 5.41) is 9.23. The smallest absolute Gasteiger partial charge is 0.250 e. The Hall–Kier alpha value is -3.39. The molecule has 1 N–H and O–H groups in total. The van der Waals surface area contributed by atoms with E-state index in [1.54, 1.807) is 11.6 Å². The van der Waals surface area contributed by atoms with Gasteiger partial charge in [-0.05, 0) is 37.6 Å². The van der Waals surface area contributed by atoms with Crippen LogP contribution in [0.3, 0.4) is 0 Å². The van der Waals surface area contributed by atoms with E-state index < -0.39 is 0 Å². The first-order valence-corrected chi connectivity index (χ1v) is 10.5. The Balaban J connectivity index is 1.30. The second kappa shape index (κ2) is 8.96. The van der Waals surface area contributed by atoms with E-state index in [0.29, 0.717) is 25.4 Å². The van der Waals surface area contributed by atoms with Crippen LogP contribution in [-0.4, -0.2) is 34.2 Å². The molecule has 0 saturated heterocycles. The first kappa shape index (κ1) is 19.9. The maximum absolute atomic E-state index is 12.2. The van der Waals surface area contributed by atoms with Crippen molar-refractivity contribution in [2.45, 2.75) is 19.8 Å². The van der Waals surface area contributed by atoms with Crippen molar-refractivity contribution in [2.24, 2.45) is 0 Å². The van der Waals surface area contributed by atoms with Gasteiger partial charge in [-0.25, -0.2) is 4.52 Å². The third kappa shape index (κ3) is 4.60. The molecule has 0 spiro atoms. The fraction of sp³-hybridized carbons (Fsp3) is 0.227. The molecule has 4 rings (SSSR count). The first-order chi connectivity index (χ1) is 14.6. The molecule has 30 heavy (non-hydrogen) atoms. The van der Waals surface area contributed by atoms with Crippen LogP contribution in [0.25, 0.3) is 16.2 Å². The number of nitrogens with zero attached hydrogens (tertiary/aromatic N) is 3. The minimum atomic E-state index is -0.136. The van der Waals surface area contributed by atoms with Gasteiger partial charge >= 0.3 is 0 Å². The number of ether oxygens (including phenoxy) is 2. The van der Waals surface area contributed by atoms with E-state index in [4.69, 9.17) is 9.47 Å². The molecule has 0 radical (unpaired) electrons. The quantitative estimate of drug-likeness (QED) is 0.421. The third-order valence-corrected chi connectivity index (χ3v) is 5.37. The number of carbonyl (C=O) groups is 1. The number of methoxy groups -OCH3 is 1. The topological polar surface area (TPSA) is 77.8 Å². The van der Waals surface area contributed by atoms with Crippen LogP contribution in [-0.2, 0) is 4.79 Å². The fourth-order valence-electron chi connectivity index (χ4n) is 2.94. The van der Waals surface area contributed by atoms with Gasteiger partial charge in [0.1, 0.15) is 11.5 Å². The number of aryl methyl sites for hydroxylation is 1. The lowest BCUT2D eigenvalue weighted by Crippen LogP contribution is -2.14. The number of fused-ring (bicyclic) bond motifs is 1. The molecule has 2 aromatic carbocycles. The summed E-state index contributed by atoms with van der Waals surface area (Å²) in [5.41, 5.74) is 3.22. The standard InChI is InChI=1S/C22H22N4O3S/c1-15-5-7-16(8-6-15)19-14-30-22-24-21(25-26(19)22)23-20(27)4-3-13-29-18-11-9-17(28-2)10-12-18/h5-12,14H,3-4,13H2,1-2H3,(H,23,25,27). The number of amides is 1. The number of anilines is 1. The average molecular weight is 423 g/mol. The summed E-state index contributed by atoms with van der Waals surface area (Å²) in [7, 11) is 1.62. The van der Waals surface area contributed by atoms with Crippen LogP contribution in [0, 0.1) is 6.92 Å². The summed E-state index contributed by atoms with van der Waals surface area (Å²) in [6.07, 6.45) is 0.919. The first-order valence-electron chi connectivity index (χ1n) is 9.60. The van der Waals surface area contributed by atoms with E-state index in [9.17, 15) is 4.79 Å². The van der Waals surface area contributed by atoms with Gasteiger partial charge in [-0.1, -0.05) is 29.8 Å². The summed E-state index contributed by atoms with van der Waals surface area (Å²) in [6, 6.07) is 15.6. The maximum Gasteiger partial charge on any atom is 0.250 e. The monoisotopic (exact) mass is 422 g/mol. The lowest BCUT2D eigenvalue weighted by molar-refractivity contribution is -0.116. The van der Waals surface area contributed by atoms with E-state index in [-0.39, 0.29) is 5.91 Å². The largest absolute Gasteiger partial charge is 0.497 e. The van der Waals surface area contributed by atoms with E-state index in [1.807, 2.05) is 29.6 Å². The maximum atomic E-state index is 12.2. The molecule has 0 fully saturated rings. The molecule has 0 aliphatic carbocycles. The van der Waals surface area contributed by atoms with Crippen LogP contribution in [0.4, 0.5) is 5.95 Å². The van der Waals surface area contributed by atoms with Crippen molar-refractivity contribution in [1.82, 2.24) is 14.6 Å². The third-order valence-electron chi connectivity index (χ3n) is 4.56. The van der Waals surface area contributed by atoms with Crippen LogP contribution < -0.4 is 14.8 Å². The summed E-state index contributed by atoms with van der Waals surface area (Å²) in [5.74, 6) is 1.70. The molecule has 4 aromatic rings. The molecular weight excluding hydrogens is 400 g/mol. The summed E-state index contributed by atoms with van der Waals surface area (Å²) >= 11 is 1.49. The van der Waals surface area contributed by atoms with Gasteiger partial charge in [0.25, 0.3) is 0 Å². The number of hydrogen-bond acceptors (Lipinski definition) is 6. The van der Waals surface area contributed by atoms with Crippen LogP contribution in [0.5, 0.6) is 11.5 Å². The highest BCUT2D eigenvalue weighted by Crippen LogP contribution is 2.26. The molecule has 2 aromatic heterocycles. The molecule has 0 unspecified atom stereocenters. The highest BCUT2D eigenvalue weighted by atomic mass is 32.1. The van der Waals surface area contributed by atoms with Crippen molar-refractivity contribution in [3.63, 3.8) is 0 Å². The number of thiazole rings is 1. The van der Waals surface area contributed by atoms with Gasteiger partial charge in [0, 0.05) is 17.4 Å². The predicted molar refractivity (Wildman–Crippen MR) is 117 cm³/mol. The van der Waals surface area contributed by atoms with Crippen LogP contribution in [0.15, 0.2) is 53.9 Å². The van der Waals surface area contributed by atoms with E-state index >= 15 is 0 Å². The van der Waals surface area contributed by atoms with Crippen molar-refractivity contribution < 1.29 is 14.3 Å². The number of nitrogens with one attached hydrogen (secondary N) is 1. The molecular formula is C22H22N4O3S. The molecule has 1 amide bonds. The van der Waals surface area contributed by atoms with Gasteiger partial charge in [-0.2, -0.15) is 4.98 Å². The van der Waals surface area contributed by atoms with Crippen molar-refractivity contribution >= 4 is 28.2 Å². The van der Waals surface area contributed by atoms with Gasteiger partial charge in [0.05, 0.1) is 19.4 Å². The predicted octanol–water partition coefficient (Wildman–Crippen LogP) is 4.57. The van der Waals surface area contributed by atoms with Crippen LogP contribution >= 0.6 is 11.3 Å². The van der Waals surface area contributed by atoms with Crippen LogP contribution in [0.1, 0.15) is 18.4 Å². The Labute approximate surface area is 178 Å². The zero-order valence-corrected chi connectivity index (χ0v) is 17.6. The van der Waals surface area contributed by atoms with E-state index in [2.05, 4.69) is 46.6 Å². The highest BCUT2D eigenvalue weighted by Gasteiger charge is 2.13. The molecule has 0 bridgehead atoms. The highest BCUT2D eigenvalue weighted by molar-refractivity contribution is 7.15. The molecule has 7 nitrogen and oxygen atoms in total. The molecule has 0 aliphatic rings. The number of rotatable bonds is 8. The molecule has 0 aliphatic heterocycles. The zero-order valence-electron chi connectivity index (χ0n) is 16.8. The minimum absolute atomic E-state index is 0.136. The minimum Gasteiger partial charge on any atom is -0.497 e. The Bertz CT molecular complexity index is 1130.